The van der Waals surface area contributed by atoms with Crippen LogP contribution in [-0.4, -0.2) is 30.2 Å². The number of carbonyl (C=O) groups excluding carboxylic acids is 1. The summed E-state index contributed by atoms with van der Waals surface area (Å²) >= 11 is 2.45. The molecule has 146 valence electrons. The molecule has 4 rings (SSSR count). The number of aromatic nitrogens is 1. The number of rotatable bonds is 4. The van der Waals surface area contributed by atoms with Crippen molar-refractivity contribution in [2.45, 2.75) is 17.9 Å². The summed E-state index contributed by atoms with van der Waals surface area (Å²) < 4.78 is 54.5. The summed E-state index contributed by atoms with van der Waals surface area (Å²) in [5, 5.41) is 4.84. The molecule has 0 saturated carbocycles. The van der Waals surface area contributed by atoms with Crippen molar-refractivity contribution in [1.29, 1.82) is 0 Å². The van der Waals surface area contributed by atoms with Crippen molar-refractivity contribution in [3.05, 3.63) is 62.8 Å². The number of thiazole rings is 1. The number of hydrogen-bond donors (Lipinski definition) is 1. The first-order valence-corrected chi connectivity index (χ1v) is 11.3. The number of nitrogens with one attached hydrogen (secondary N) is 1. The second kappa shape index (κ2) is 7.32. The van der Waals surface area contributed by atoms with Crippen molar-refractivity contribution >= 4 is 43.7 Å². The van der Waals surface area contributed by atoms with Crippen LogP contribution in [0, 0.1) is 11.6 Å². The largest absolute Gasteiger partial charge is 0.297 e. The number of hydrogen-bond acceptors (Lipinski definition) is 6. The summed E-state index contributed by atoms with van der Waals surface area (Å²) in [5.41, 5.74) is 0.673. The fourth-order valence-corrected chi connectivity index (χ4v) is 6.09. The summed E-state index contributed by atoms with van der Waals surface area (Å²) in [5.74, 6) is -2.54. The number of amides is 1. The molecule has 0 saturated heterocycles. The summed E-state index contributed by atoms with van der Waals surface area (Å²) in [4.78, 5) is 16.7. The molecule has 6 nitrogen and oxygen atoms in total. The van der Waals surface area contributed by atoms with Crippen LogP contribution in [0.25, 0.3) is 0 Å². The van der Waals surface area contributed by atoms with E-state index in [1.165, 1.54) is 11.3 Å². The molecule has 28 heavy (non-hydrogen) atoms. The Balaban J connectivity index is 1.57. The highest BCUT2D eigenvalue weighted by atomic mass is 32.2. The molecule has 1 aliphatic rings. The molecule has 0 radical (unpaired) electrons. The van der Waals surface area contributed by atoms with Gasteiger partial charge in [-0.25, -0.2) is 22.2 Å². The van der Waals surface area contributed by atoms with Gasteiger partial charge in [-0.05, 0) is 23.6 Å². The monoisotopic (exact) mass is 441 g/mol. The Labute approximate surface area is 167 Å². The van der Waals surface area contributed by atoms with Crippen molar-refractivity contribution in [2.24, 2.45) is 0 Å². The molecule has 1 amide bonds. The minimum Gasteiger partial charge on any atom is -0.297 e. The first-order chi connectivity index (χ1) is 13.4. The SMILES string of the molecule is O=C(Nc1nc2c(s1)CN(S(=O)(=O)c1c(F)cccc1F)CC2)c1cccs1. The number of halogens is 2. The molecule has 0 unspecified atom stereocenters. The van der Waals surface area contributed by atoms with E-state index < -0.39 is 26.6 Å². The van der Waals surface area contributed by atoms with Gasteiger partial charge >= 0.3 is 0 Å². The number of fused-ring (bicyclic) bond motifs is 1. The Morgan fingerprint density at radius 2 is 1.93 bits per heavy atom. The van der Waals surface area contributed by atoms with E-state index >= 15 is 0 Å². The van der Waals surface area contributed by atoms with Gasteiger partial charge in [0.15, 0.2) is 10.0 Å². The molecular formula is C17H13F2N3O3S3. The average molecular weight is 442 g/mol. The molecule has 11 heteroatoms. The zero-order valence-electron chi connectivity index (χ0n) is 14.2. The maximum atomic E-state index is 14.0. The van der Waals surface area contributed by atoms with Gasteiger partial charge in [-0.3, -0.25) is 10.1 Å². The molecule has 0 aliphatic carbocycles. The van der Waals surface area contributed by atoms with E-state index in [1.807, 2.05) is 0 Å². The topological polar surface area (TPSA) is 79.4 Å². The number of sulfonamides is 1. The molecule has 3 heterocycles. The summed E-state index contributed by atoms with van der Waals surface area (Å²) in [6.07, 6.45) is 0.288. The Hall–Kier alpha value is -2.21. The molecule has 0 atom stereocenters. The molecule has 1 aromatic carbocycles. The van der Waals surface area contributed by atoms with Gasteiger partial charge in [0.25, 0.3) is 5.91 Å². The minimum atomic E-state index is -4.34. The lowest BCUT2D eigenvalue weighted by Gasteiger charge is -2.25. The van der Waals surface area contributed by atoms with Gasteiger partial charge in [-0.2, -0.15) is 4.31 Å². The highest BCUT2D eigenvalue weighted by Crippen LogP contribution is 2.32. The van der Waals surface area contributed by atoms with Gasteiger partial charge in [0.2, 0.25) is 10.0 Å². The lowest BCUT2D eigenvalue weighted by molar-refractivity contribution is 0.103. The maximum absolute atomic E-state index is 14.0. The predicted molar refractivity (Wildman–Crippen MR) is 102 cm³/mol. The normalized spacial score (nSPS) is 14.6. The van der Waals surface area contributed by atoms with Gasteiger partial charge in [-0.1, -0.05) is 12.1 Å². The number of carbonyl (C=O) groups is 1. The zero-order valence-corrected chi connectivity index (χ0v) is 16.6. The van der Waals surface area contributed by atoms with Crippen LogP contribution in [0.2, 0.25) is 0 Å². The predicted octanol–water partition coefficient (Wildman–Crippen LogP) is 3.48. The molecule has 0 spiro atoms. The molecule has 0 bridgehead atoms. The van der Waals surface area contributed by atoms with Crippen molar-refractivity contribution in [3.8, 4) is 0 Å². The van der Waals surface area contributed by atoms with Crippen molar-refractivity contribution < 1.29 is 22.0 Å². The van der Waals surface area contributed by atoms with E-state index in [1.54, 1.807) is 17.5 Å². The van der Waals surface area contributed by atoms with Crippen molar-refractivity contribution in [2.75, 3.05) is 11.9 Å². The van der Waals surface area contributed by atoms with Crippen LogP contribution in [-0.2, 0) is 23.0 Å². The van der Waals surface area contributed by atoms with Crippen LogP contribution in [0.1, 0.15) is 20.2 Å². The third kappa shape index (κ3) is 3.46. The fraction of sp³-hybridized carbons (Fsp3) is 0.176. The maximum Gasteiger partial charge on any atom is 0.267 e. The van der Waals surface area contributed by atoms with E-state index in [4.69, 9.17) is 0 Å². The van der Waals surface area contributed by atoms with Gasteiger partial charge in [0.1, 0.15) is 11.6 Å². The average Bonchev–Trinajstić information content (AvgIpc) is 3.30. The van der Waals surface area contributed by atoms with Gasteiger partial charge in [0.05, 0.1) is 17.1 Å². The molecule has 3 aromatic rings. The number of thiophene rings is 1. The fourth-order valence-electron chi connectivity index (χ4n) is 2.86. The first-order valence-electron chi connectivity index (χ1n) is 8.14. The van der Waals surface area contributed by atoms with Crippen LogP contribution in [0.4, 0.5) is 13.9 Å². The van der Waals surface area contributed by atoms with Crippen LogP contribution in [0.5, 0.6) is 0 Å². The summed E-state index contributed by atoms with van der Waals surface area (Å²) in [6.45, 7) is -0.0108. The van der Waals surface area contributed by atoms with Gasteiger partial charge in [0, 0.05) is 17.8 Å². The van der Waals surface area contributed by atoms with E-state index in [-0.39, 0.29) is 25.4 Å². The van der Waals surface area contributed by atoms with Crippen LogP contribution < -0.4 is 5.32 Å². The molecule has 0 fully saturated rings. The zero-order chi connectivity index (χ0) is 19.9. The second-order valence-electron chi connectivity index (χ2n) is 5.96. The smallest absolute Gasteiger partial charge is 0.267 e. The summed E-state index contributed by atoms with van der Waals surface area (Å²) in [6, 6.07) is 6.39. The number of anilines is 1. The van der Waals surface area contributed by atoms with E-state index in [9.17, 15) is 22.0 Å². The summed E-state index contributed by atoms with van der Waals surface area (Å²) in [7, 11) is -4.34. The third-order valence-corrected chi connectivity index (χ3v) is 7.94. The quantitative estimate of drug-likeness (QED) is 0.672. The number of nitrogens with zero attached hydrogens (tertiary/aromatic N) is 2. The Kier molecular flexibility index (Phi) is 5.00. The Bertz CT molecular complexity index is 1120. The van der Waals surface area contributed by atoms with Crippen LogP contribution in [0.3, 0.4) is 0 Å². The molecule has 1 N–H and O–H groups in total. The standard InChI is InChI=1S/C17H13F2N3O3S3/c18-10-3-1-4-11(19)15(10)28(24,25)22-7-6-12-14(9-22)27-17(20-12)21-16(23)13-5-2-8-26-13/h1-5,8H,6-7,9H2,(H,20,21,23). The molecule has 2 aromatic heterocycles. The van der Waals surface area contributed by atoms with E-state index in [2.05, 4.69) is 10.3 Å². The van der Waals surface area contributed by atoms with Gasteiger partial charge < -0.3 is 0 Å². The molecular weight excluding hydrogens is 428 g/mol. The lowest BCUT2D eigenvalue weighted by atomic mass is 10.2. The first kappa shape index (κ1) is 19.1. The van der Waals surface area contributed by atoms with Crippen molar-refractivity contribution in [1.82, 2.24) is 9.29 Å². The molecule has 1 aliphatic heterocycles. The lowest BCUT2D eigenvalue weighted by Crippen LogP contribution is -2.36. The van der Waals surface area contributed by atoms with E-state index in [0.29, 0.717) is 20.6 Å². The van der Waals surface area contributed by atoms with E-state index in [0.717, 1.165) is 33.8 Å². The highest BCUT2D eigenvalue weighted by molar-refractivity contribution is 7.89. The number of benzene rings is 1. The third-order valence-electron chi connectivity index (χ3n) is 4.18. The van der Waals surface area contributed by atoms with Crippen LogP contribution >= 0.6 is 22.7 Å². The minimum absolute atomic E-state index is 0.0468. The highest BCUT2D eigenvalue weighted by Gasteiger charge is 2.34. The van der Waals surface area contributed by atoms with Crippen LogP contribution in [0.15, 0.2) is 40.6 Å². The Morgan fingerprint density at radius 1 is 1.18 bits per heavy atom. The van der Waals surface area contributed by atoms with Crippen molar-refractivity contribution in [3.63, 3.8) is 0 Å². The second-order valence-corrected chi connectivity index (χ2v) is 9.87. The Morgan fingerprint density at radius 3 is 2.61 bits per heavy atom. The van der Waals surface area contributed by atoms with Gasteiger partial charge in [-0.15, -0.1) is 22.7 Å².